The number of anilines is 1. The van der Waals surface area contributed by atoms with Crippen LogP contribution in [0.2, 0.25) is 5.02 Å². The summed E-state index contributed by atoms with van der Waals surface area (Å²) in [5, 5.41) is 12.4. The number of phenolic OH excluding ortho intramolecular Hbond substituents is 1. The van der Waals surface area contributed by atoms with Crippen molar-refractivity contribution in [3.05, 3.63) is 22.2 Å². The Hall–Kier alpha value is -1.22. The normalized spacial score (nSPS) is 10.0. The average molecular weight is 214 g/mol. The van der Waals surface area contributed by atoms with Crippen LogP contribution in [0.15, 0.2) is 6.07 Å². The lowest BCUT2D eigenvalue weighted by atomic mass is 10.1. The van der Waals surface area contributed by atoms with Crippen molar-refractivity contribution in [3.8, 4) is 5.75 Å². The monoisotopic (exact) mass is 213 g/mol. The van der Waals surface area contributed by atoms with Gasteiger partial charge in [0.15, 0.2) is 5.75 Å². The maximum absolute atomic E-state index is 10.8. The van der Waals surface area contributed by atoms with Crippen LogP contribution >= 0.6 is 11.6 Å². The number of benzene rings is 1. The minimum Gasteiger partial charge on any atom is -0.504 e. The predicted octanol–water partition coefficient (Wildman–Crippen LogP) is 2.62. The van der Waals surface area contributed by atoms with Crippen molar-refractivity contribution in [2.45, 2.75) is 20.8 Å². The first kappa shape index (κ1) is 10.9. The Labute approximate surface area is 87.7 Å². The van der Waals surface area contributed by atoms with E-state index in [2.05, 4.69) is 5.32 Å². The van der Waals surface area contributed by atoms with E-state index in [0.29, 0.717) is 5.69 Å². The number of hydrogen-bond acceptors (Lipinski definition) is 2. The minimum absolute atomic E-state index is 0.0787. The molecule has 76 valence electrons. The van der Waals surface area contributed by atoms with Gasteiger partial charge in [0.2, 0.25) is 5.91 Å². The van der Waals surface area contributed by atoms with Gasteiger partial charge in [-0.1, -0.05) is 11.6 Å². The second kappa shape index (κ2) is 3.88. The summed E-state index contributed by atoms with van der Waals surface area (Å²) in [6.45, 7) is 5.06. The highest BCUT2D eigenvalue weighted by molar-refractivity contribution is 6.33. The van der Waals surface area contributed by atoms with Crippen molar-refractivity contribution in [1.29, 1.82) is 0 Å². The molecule has 0 aliphatic rings. The largest absolute Gasteiger partial charge is 0.504 e. The average Bonchev–Trinajstić information content (AvgIpc) is 2.10. The van der Waals surface area contributed by atoms with Crippen LogP contribution in [0.4, 0.5) is 5.69 Å². The SMILES string of the molecule is CC(=O)Nc1cc(C)c(C)c(Cl)c1O. The van der Waals surface area contributed by atoms with Gasteiger partial charge in [-0.25, -0.2) is 0 Å². The van der Waals surface area contributed by atoms with Gasteiger partial charge in [0, 0.05) is 6.92 Å². The van der Waals surface area contributed by atoms with Crippen LogP contribution in [0.3, 0.4) is 0 Å². The molecule has 0 aliphatic carbocycles. The quantitative estimate of drug-likeness (QED) is 0.705. The molecule has 0 aliphatic heterocycles. The molecule has 0 fully saturated rings. The van der Waals surface area contributed by atoms with Gasteiger partial charge >= 0.3 is 0 Å². The summed E-state index contributed by atoms with van der Waals surface area (Å²) in [5.74, 6) is -0.315. The number of amides is 1. The Morgan fingerprint density at radius 1 is 1.50 bits per heavy atom. The first-order valence-electron chi connectivity index (χ1n) is 4.19. The molecule has 14 heavy (non-hydrogen) atoms. The lowest BCUT2D eigenvalue weighted by molar-refractivity contribution is -0.114. The highest BCUT2D eigenvalue weighted by Gasteiger charge is 2.11. The smallest absolute Gasteiger partial charge is 0.221 e. The zero-order valence-electron chi connectivity index (χ0n) is 8.31. The van der Waals surface area contributed by atoms with Crippen molar-refractivity contribution in [1.82, 2.24) is 0 Å². The van der Waals surface area contributed by atoms with E-state index >= 15 is 0 Å². The first-order chi connectivity index (χ1) is 6.43. The van der Waals surface area contributed by atoms with E-state index in [9.17, 15) is 9.90 Å². The summed E-state index contributed by atoms with van der Waals surface area (Å²) in [4.78, 5) is 10.8. The molecular formula is C10H12ClNO2. The Bertz CT molecular complexity index is 388. The number of hydrogen-bond donors (Lipinski definition) is 2. The van der Waals surface area contributed by atoms with Gasteiger partial charge < -0.3 is 10.4 Å². The molecule has 2 N–H and O–H groups in total. The van der Waals surface area contributed by atoms with Gasteiger partial charge in [0.05, 0.1) is 10.7 Å². The van der Waals surface area contributed by atoms with Crippen molar-refractivity contribution in [2.24, 2.45) is 0 Å². The molecule has 4 heteroatoms. The standard InChI is InChI=1S/C10H12ClNO2/c1-5-4-8(12-7(3)13)10(14)9(11)6(5)2/h4,14H,1-3H3,(H,12,13). The number of carbonyl (C=O) groups is 1. The van der Waals surface area contributed by atoms with Gasteiger partial charge in [-0.2, -0.15) is 0 Å². The van der Waals surface area contributed by atoms with Crippen LogP contribution in [0, 0.1) is 13.8 Å². The molecule has 1 rings (SSSR count). The Kier molecular flexibility index (Phi) is 3.01. The van der Waals surface area contributed by atoms with Crippen molar-refractivity contribution in [3.63, 3.8) is 0 Å². The molecule has 0 unspecified atom stereocenters. The molecule has 0 heterocycles. The third kappa shape index (κ3) is 1.99. The number of carbonyl (C=O) groups excluding carboxylic acids is 1. The lowest BCUT2D eigenvalue weighted by Gasteiger charge is -2.11. The van der Waals surface area contributed by atoms with Crippen LogP contribution in [0.25, 0.3) is 0 Å². The molecule has 0 saturated heterocycles. The molecule has 0 saturated carbocycles. The Balaban J connectivity index is 3.25. The van der Waals surface area contributed by atoms with Crippen LogP contribution < -0.4 is 5.32 Å². The molecule has 0 aromatic heterocycles. The second-order valence-corrected chi connectivity index (χ2v) is 3.59. The van der Waals surface area contributed by atoms with E-state index in [1.807, 2.05) is 13.8 Å². The van der Waals surface area contributed by atoms with Gasteiger partial charge in [0.25, 0.3) is 0 Å². The van der Waals surface area contributed by atoms with Crippen LogP contribution in [-0.2, 0) is 4.79 Å². The molecule has 0 bridgehead atoms. The minimum atomic E-state index is -0.236. The number of phenols is 1. The van der Waals surface area contributed by atoms with Crippen molar-refractivity contribution in [2.75, 3.05) is 5.32 Å². The van der Waals surface area contributed by atoms with Crippen LogP contribution in [0.1, 0.15) is 18.1 Å². The summed E-state index contributed by atoms with van der Waals surface area (Å²) in [6, 6.07) is 1.69. The number of nitrogens with one attached hydrogen (secondary N) is 1. The van der Waals surface area contributed by atoms with Gasteiger partial charge in [-0.05, 0) is 31.0 Å². The Morgan fingerprint density at radius 3 is 2.57 bits per heavy atom. The molecule has 1 aromatic rings. The van der Waals surface area contributed by atoms with E-state index in [-0.39, 0.29) is 16.7 Å². The molecule has 1 aromatic carbocycles. The lowest BCUT2D eigenvalue weighted by Crippen LogP contribution is -2.06. The molecule has 0 radical (unpaired) electrons. The second-order valence-electron chi connectivity index (χ2n) is 3.21. The zero-order chi connectivity index (χ0) is 10.9. The van der Waals surface area contributed by atoms with E-state index in [4.69, 9.17) is 11.6 Å². The number of rotatable bonds is 1. The highest BCUT2D eigenvalue weighted by Crippen LogP contribution is 2.36. The third-order valence-corrected chi connectivity index (χ3v) is 2.52. The van der Waals surface area contributed by atoms with Crippen LogP contribution in [-0.4, -0.2) is 11.0 Å². The summed E-state index contributed by atoms with van der Waals surface area (Å²) >= 11 is 5.87. The van der Waals surface area contributed by atoms with Gasteiger partial charge in [-0.3, -0.25) is 4.79 Å². The Morgan fingerprint density at radius 2 is 2.07 bits per heavy atom. The van der Waals surface area contributed by atoms with Crippen molar-refractivity contribution < 1.29 is 9.90 Å². The topological polar surface area (TPSA) is 49.3 Å². The third-order valence-electron chi connectivity index (χ3n) is 2.06. The summed E-state index contributed by atoms with van der Waals surface area (Å²) in [7, 11) is 0. The predicted molar refractivity (Wildman–Crippen MR) is 56.9 cm³/mol. The maximum Gasteiger partial charge on any atom is 0.221 e. The molecule has 0 atom stereocenters. The van der Waals surface area contributed by atoms with Crippen LogP contribution in [0.5, 0.6) is 5.75 Å². The molecule has 1 amide bonds. The summed E-state index contributed by atoms with van der Waals surface area (Å²) < 4.78 is 0. The fraction of sp³-hybridized carbons (Fsp3) is 0.300. The maximum atomic E-state index is 10.8. The molecule has 3 nitrogen and oxygen atoms in total. The molecule has 0 spiro atoms. The van der Waals surface area contributed by atoms with E-state index in [1.54, 1.807) is 6.07 Å². The van der Waals surface area contributed by atoms with Gasteiger partial charge in [-0.15, -0.1) is 0 Å². The van der Waals surface area contributed by atoms with E-state index in [1.165, 1.54) is 6.92 Å². The number of aryl methyl sites for hydroxylation is 1. The van der Waals surface area contributed by atoms with Crippen molar-refractivity contribution >= 4 is 23.2 Å². The zero-order valence-corrected chi connectivity index (χ0v) is 9.07. The first-order valence-corrected chi connectivity index (χ1v) is 4.57. The summed E-state index contributed by atoms with van der Waals surface area (Å²) in [5.41, 5.74) is 2.10. The van der Waals surface area contributed by atoms with Gasteiger partial charge in [0.1, 0.15) is 0 Å². The highest BCUT2D eigenvalue weighted by atomic mass is 35.5. The fourth-order valence-corrected chi connectivity index (χ4v) is 1.40. The number of aromatic hydroxyl groups is 1. The summed E-state index contributed by atoms with van der Waals surface area (Å²) in [6.07, 6.45) is 0. The fourth-order valence-electron chi connectivity index (χ4n) is 1.15. The van der Waals surface area contributed by atoms with E-state index in [0.717, 1.165) is 11.1 Å². The van der Waals surface area contributed by atoms with E-state index < -0.39 is 0 Å². The molecular weight excluding hydrogens is 202 g/mol. The number of halogens is 1.